The first-order chi connectivity index (χ1) is 7.90. The highest BCUT2D eigenvalue weighted by Crippen LogP contribution is 2.24. The minimum atomic E-state index is -3.92. The standard InChI is InChI=1S/C9H11Cl2NO4S/c10-6-1-2-8(11)9(3-6)17(15,16)12-7(4-13)5-14/h1-3,7,12-14H,4-5H2. The summed E-state index contributed by atoms with van der Waals surface area (Å²) in [6.45, 7) is -1.04. The minimum Gasteiger partial charge on any atom is -0.395 e. The molecule has 0 saturated carbocycles. The fourth-order valence-corrected chi connectivity index (χ4v) is 3.08. The fourth-order valence-electron chi connectivity index (χ4n) is 1.10. The van der Waals surface area contributed by atoms with E-state index in [1.165, 1.54) is 18.2 Å². The van der Waals surface area contributed by atoms with Crippen LogP contribution in [0.1, 0.15) is 0 Å². The Bertz CT molecular complexity index is 488. The summed E-state index contributed by atoms with van der Waals surface area (Å²) in [7, 11) is -3.92. The molecule has 1 aromatic carbocycles. The van der Waals surface area contributed by atoms with Gasteiger partial charge < -0.3 is 10.2 Å². The van der Waals surface area contributed by atoms with Crippen LogP contribution in [0.3, 0.4) is 0 Å². The van der Waals surface area contributed by atoms with Crippen molar-refractivity contribution >= 4 is 33.2 Å². The smallest absolute Gasteiger partial charge is 0.242 e. The zero-order valence-corrected chi connectivity index (χ0v) is 10.9. The van der Waals surface area contributed by atoms with E-state index in [4.69, 9.17) is 33.4 Å². The second-order valence-corrected chi connectivity index (χ2v) is 5.78. The molecule has 0 fully saturated rings. The second kappa shape index (κ2) is 5.99. The summed E-state index contributed by atoms with van der Waals surface area (Å²) in [6.07, 6.45) is 0. The Kier molecular flexibility index (Phi) is 5.18. The fraction of sp³-hybridized carbons (Fsp3) is 0.333. The molecule has 0 unspecified atom stereocenters. The van der Waals surface area contributed by atoms with E-state index in [0.717, 1.165) is 0 Å². The van der Waals surface area contributed by atoms with Crippen molar-refractivity contribution in [2.24, 2.45) is 0 Å². The van der Waals surface area contributed by atoms with Gasteiger partial charge in [-0.1, -0.05) is 23.2 Å². The maximum atomic E-state index is 11.9. The molecule has 0 aliphatic heterocycles. The van der Waals surface area contributed by atoms with Crippen LogP contribution >= 0.6 is 23.2 Å². The minimum absolute atomic E-state index is 0.0107. The van der Waals surface area contributed by atoms with Crippen molar-refractivity contribution in [3.8, 4) is 0 Å². The predicted molar refractivity (Wildman–Crippen MR) is 64.7 cm³/mol. The summed E-state index contributed by atoms with van der Waals surface area (Å²) in [5, 5.41) is 17.9. The van der Waals surface area contributed by atoms with E-state index in [0.29, 0.717) is 0 Å². The Morgan fingerprint density at radius 2 is 1.82 bits per heavy atom. The van der Waals surface area contributed by atoms with Gasteiger partial charge in [-0.2, -0.15) is 0 Å². The van der Waals surface area contributed by atoms with E-state index < -0.39 is 29.3 Å². The van der Waals surface area contributed by atoms with Crippen molar-refractivity contribution in [2.75, 3.05) is 13.2 Å². The number of halogens is 2. The van der Waals surface area contributed by atoms with Crippen LogP contribution in [0, 0.1) is 0 Å². The third kappa shape index (κ3) is 3.80. The first-order valence-electron chi connectivity index (χ1n) is 4.60. The lowest BCUT2D eigenvalue weighted by Crippen LogP contribution is -2.40. The lowest BCUT2D eigenvalue weighted by atomic mass is 10.4. The SMILES string of the molecule is O=S(=O)(NC(CO)CO)c1cc(Cl)ccc1Cl. The van der Waals surface area contributed by atoms with Crippen LogP contribution in [0.5, 0.6) is 0 Å². The van der Waals surface area contributed by atoms with Crippen LogP contribution in [0.2, 0.25) is 10.0 Å². The third-order valence-electron chi connectivity index (χ3n) is 1.95. The summed E-state index contributed by atoms with van der Waals surface area (Å²) in [4.78, 5) is -0.196. The van der Waals surface area contributed by atoms with Gasteiger partial charge in [0, 0.05) is 5.02 Å². The highest BCUT2D eigenvalue weighted by Gasteiger charge is 2.22. The van der Waals surface area contributed by atoms with Crippen LogP contribution < -0.4 is 4.72 Å². The molecule has 8 heteroatoms. The summed E-state index contributed by atoms with van der Waals surface area (Å²) < 4.78 is 25.8. The van der Waals surface area contributed by atoms with Gasteiger partial charge in [0.2, 0.25) is 10.0 Å². The van der Waals surface area contributed by atoms with Gasteiger partial charge in [-0.15, -0.1) is 0 Å². The van der Waals surface area contributed by atoms with Crippen molar-refractivity contribution in [2.45, 2.75) is 10.9 Å². The van der Waals surface area contributed by atoms with Crippen molar-refractivity contribution in [1.82, 2.24) is 4.72 Å². The molecule has 0 bridgehead atoms. The summed E-state index contributed by atoms with van der Waals surface area (Å²) in [5.74, 6) is 0. The van der Waals surface area contributed by atoms with E-state index in [9.17, 15) is 8.42 Å². The average molecular weight is 300 g/mol. The molecular weight excluding hydrogens is 289 g/mol. The molecule has 0 radical (unpaired) electrons. The van der Waals surface area contributed by atoms with Crippen LogP contribution in [0.15, 0.2) is 23.1 Å². The van der Waals surface area contributed by atoms with Crippen LogP contribution in [0.25, 0.3) is 0 Å². The van der Waals surface area contributed by atoms with E-state index in [2.05, 4.69) is 4.72 Å². The third-order valence-corrected chi connectivity index (χ3v) is 4.18. The van der Waals surface area contributed by atoms with Gasteiger partial charge in [-0.25, -0.2) is 13.1 Å². The van der Waals surface area contributed by atoms with Crippen LogP contribution in [-0.4, -0.2) is 37.9 Å². The molecule has 0 aromatic heterocycles. The highest BCUT2D eigenvalue weighted by molar-refractivity contribution is 7.89. The summed E-state index contributed by atoms with van der Waals surface area (Å²) in [5.41, 5.74) is 0. The number of rotatable bonds is 5. The van der Waals surface area contributed by atoms with Gasteiger partial charge in [0.25, 0.3) is 0 Å². The number of sulfonamides is 1. The monoisotopic (exact) mass is 299 g/mol. The van der Waals surface area contributed by atoms with Gasteiger partial charge in [0.15, 0.2) is 0 Å². The van der Waals surface area contributed by atoms with Crippen molar-refractivity contribution in [3.05, 3.63) is 28.2 Å². The number of aliphatic hydroxyl groups excluding tert-OH is 2. The normalized spacial score (nSPS) is 12.1. The van der Waals surface area contributed by atoms with E-state index in [1.807, 2.05) is 0 Å². The van der Waals surface area contributed by atoms with E-state index in [1.54, 1.807) is 0 Å². The van der Waals surface area contributed by atoms with Gasteiger partial charge >= 0.3 is 0 Å². The van der Waals surface area contributed by atoms with Gasteiger partial charge in [0.05, 0.1) is 24.3 Å². The molecule has 1 aromatic rings. The molecule has 17 heavy (non-hydrogen) atoms. The Balaban J connectivity index is 3.09. The number of nitrogens with one attached hydrogen (secondary N) is 1. The van der Waals surface area contributed by atoms with Gasteiger partial charge in [0.1, 0.15) is 4.90 Å². The molecule has 0 aliphatic rings. The zero-order valence-electron chi connectivity index (χ0n) is 8.60. The van der Waals surface area contributed by atoms with E-state index >= 15 is 0 Å². The number of hydrogen-bond acceptors (Lipinski definition) is 4. The topological polar surface area (TPSA) is 86.6 Å². The number of aliphatic hydroxyl groups is 2. The maximum Gasteiger partial charge on any atom is 0.242 e. The Morgan fingerprint density at radius 3 is 2.35 bits per heavy atom. The first-order valence-corrected chi connectivity index (χ1v) is 6.83. The largest absolute Gasteiger partial charge is 0.395 e. The number of hydrogen-bond donors (Lipinski definition) is 3. The Morgan fingerprint density at radius 1 is 1.24 bits per heavy atom. The molecule has 3 N–H and O–H groups in total. The molecule has 0 aliphatic carbocycles. The summed E-state index contributed by atoms with van der Waals surface area (Å²) >= 11 is 11.4. The van der Waals surface area contributed by atoms with Crippen LogP contribution in [0.4, 0.5) is 0 Å². The van der Waals surface area contributed by atoms with E-state index in [-0.39, 0.29) is 14.9 Å². The molecule has 1 rings (SSSR count). The average Bonchev–Trinajstić information content (AvgIpc) is 2.29. The second-order valence-electron chi connectivity index (χ2n) is 3.26. The summed E-state index contributed by atoms with van der Waals surface area (Å²) in [6, 6.07) is 3.03. The lowest BCUT2D eigenvalue weighted by Gasteiger charge is -2.14. The molecule has 0 saturated heterocycles. The maximum absolute atomic E-state index is 11.9. The molecule has 0 spiro atoms. The first kappa shape index (κ1) is 14.7. The van der Waals surface area contributed by atoms with Crippen molar-refractivity contribution < 1.29 is 18.6 Å². The van der Waals surface area contributed by atoms with Crippen molar-refractivity contribution in [3.63, 3.8) is 0 Å². The van der Waals surface area contributed by atoms with Gasteiger partial charge in [-0.05, 0) is 18.2 Å². The molecule has 0 atom stereocenters. The van der Waals surface area contributed by atoms with Crippen molar-refractivity contribution in [1.29, 1.82) is 0 Å². The van der Waals surface area contributed by atoms with Crippen LogP contribution in [-0.2, 0) is 10.0 Å². The lowest BCUT2D eigenvalue weighted by molar-refractivity contribution is 0.185. The molecule has 0 amide bonds. The number of benzene rings is 1. The molecular formula is C9H11Cl2NO4S. The molecule has 96 valence electrons. The molecule has 5 nitrogen and oxygen atoms in total. The van der Waals surface area contributed by atoms with Gasteiger partial charge in [-0.3, -0.25) is 0 Å². The zero-order chi connectivity index (χ0) is 13.1. The Hall–Kier alpha value is -0.370. The predicted octanol–water partition coefficient (Wildman–Crippen LogP) is 0.625. The highest BCUT2D eigenvalue weighted by atomic mass is 35.5. The quantitative estimate of drug-likeness (QED) is 0.744. The molecule has 0 heterocycles. The Labute approximate surface area is 109 Å².